The Morgan fingerprint density at radius 1 is 1.46 bits per heavy atom. The minimum absolute atomic E-state index is 0.0603. The molecule has 1 heterocycles. The normalized spacial score (nSPS) is 12.0. The van der Waals surface area contributed by atoms with E-state index < -0.39 is 12.6 Å². The molecule has 1 aromatic heterocycles. The molecule has 0 fully saturated rings. The van der Waals surface area contributed by atoms with Gasteiger partial charge in [0.05, 0.1) is 24.0 Å². The van der Waals surface area contributed by atoms with Crippen molar-refractivity contribution in [2.45, 2.75) is 25.9 Å². The summed E-state index contributed by atoms with van der Waals surface area (Å²) in [5.41, 5.74) is 0.845. The Kier molecular flexibility index (Phi) is 9.50. The molecule has 0 atom stereocenters. The van der Waals surface area contributed by atoms with Gasteiger partial charge in [-0.1, -0.05) is 11.6 Å². The molecule has 2 N–H and O–H groups in total. The van der Waals surface area contributed by atoms with Crippen LogP contribution in [0.4, 0.5) is 18.9 Å². The van der Waals surface area contributed by atoms with Gasteiger partial charge in [-0.3, -0.25) is 15.2 Å². The SMILES string of the molecule is CCN(C(=O)CCSCCC(F)(F)F)/C(=C/Nc1cccnc1)C(=N)Cl. The molecule has 1 aromatic rings. The smallest absolute Gasteiger partial charge is 0.358 e. The first-order chi connectivity index (χ1) is 12.2. The second kappa shape index (κ2) is 11.1. The Morgan fingerprint density at radius 2 is 2.19 bits per heavy atom. The van der Waals surface area contributed by atoms with Crippen LogP contribution in [-0.4, -0.2) is 45.2 Å². The largest absolute Gasteiger partial charge is 0.389 e. The van der Waals surface area contributed by atoms with E-state index in [2.05, 4.69) is 10.3 Å². The van der Waals surface area contributed by atoms with Gasteiger partial charge in [-0.2, -0.15) is 24.9 Å². The number of thioether (sulfide) groups is 1. The fourth-order valence-electron chi connectivity index (χ4n) is 1.93. The minimum atomic E-state index is -4.19. The lowest BCUT2D eigenvalue weighted by atomic mass is 10.3. The number of amides is 1. The van der Waals surface area contributed by atoms with Crippen LogP contribution in [-0.2, 0) is 4.79 Å². The van der Waals surface area contributed by atoms with Crippen LogP contribution in [0.2, 0.25) is 0 Å². The highest BCUT2D eigenvalue weighted by Crippen LogP contribution is 2.22. The fraction of sp³-hybridized carbons (Fsp3) is 0.438. The first-order valence-corrected chi connectivity index (χ1v) is 9.34. The fourth-order valence-corrected chi connectivity index (χ4v) is 2.98. The molecule has 5 nitrogen and oxygen atoms in total. The van der Waals surface area contributed by atoms with E-state index in [0.29, 0.717) is 5.69 Å². The monoisotopic (exact) mass is 408 g/mol. The molecule has 1 amide bonds. The summed E-state index contributed by atoms with van der Waals surface area (Å²) in [7, 11) is 0. The van der Waals surface area contributed by atoms with Crippen molar-refractivity contribution in [2.24, 2.45) is 0 Å². The first-order valence-electron chi connectivity index (χ1n) is 7.80. The van der Waals surface area contributed by atoms with Crippen LogP contribution in [0.5, 0.6) is 0 Å². The number of nitrogens with zero attached hydrogens (tertiary/aromatic N) is 2. The van der Waals surface area contributed by atoms with E-state index in [1.807, 2.05) is 0 Å². The van der Waals surface area contributed by atoms with Crippen molar-refractivity contribution in [1.82, 2.24) is 9.88 Å². The predicted molar refractivity (Wildman–Crippen MR) is 99.5 cm³/mol. The van der Waals surface area contributed by atoms with Crippen molar-refractivity contribution in [3.05, 3.63) is 36.4 Å². The van der Waals surface area contributed by atoms with Gasteiger partial charge in [0, 0.05) is 36.9 Å². The molecule has 1 rings (SSSR count). The number of rotatable bonds is 10. The molecule has 0 aliphatic heterocycles. The zero-order valence-corrected chi connectivity index (χ0v) is 15.7. The molecule has 0 aromatic carbocycles. The summed E-state index contributed by atoms with van der Waals surface area (Å²) >= 11 is 6.87. The van der Waals surface area contributed by atoms with Crippen molar-refractivity contribution in [3.63, 3.8) is 0 Å². The minimum Gasteiger partial charge on any atom is -0.358 e. The number of aromatic nitrogens is 1. The van der Waals surface area contributed by atoms with Crippen molar-refractivity contribution < 1.29 is 18.0 Å². The third-order valence-corrected chi connectivity index (χ3v) is 4.34. The second-order valence-electron chi connectivity index (χ2n) is 5.10. The molecule has 144 valence electrons. The van der Waals surface area contributed by atoms with E-state index in [9.17, 15) is 18.0 Å². The van der Waals surface area contributed by atoms with E-state index in [1.54, 1.807) is 31.5 Å². The van der Waals surface area contributed by atoms with Gasteiger partial charge in [0.15, 0.2) is 0 Å². The molecule has 0 spiro atoms. The number of alkyl halides is 3. The molecule has 0 saturated heterocycles. The van der Waals surface area contributed by atoms with Crippen molar-refractivity contribution in [3.8, 4) is 0 Å². The summed E-state index contributed by atoms with van der Waals surface area (Å²) < 4.78 is 36.3. The molecule has 0 saturated carbocycles. The van der Waals surface area contributed by atoms with Crippen LogP contribution in [0.15, 0.2) is 36.4 Å². The average molecular weight is 409 g/mol. The molecule has 26 heavy (non-hydrogen) atoms. The summed E-state index contributed by atoms with van der Waals surface area (Å²) in [6.45, 7) is 2.01. The lowest BCUT2D eigenvalue weighted by molar-refractivity contribution is -0.129. The summed E-state index contributed by atoms with van der Waals surface area (Å²) in [5.74, 6) is -0.124. The summed E-state index contributed by atoms with van der Waals surface area (Å²) in [5, 5.41) is 10.3. The van der Waals surface area contributed by atoms with Gasteiger partial charge in [0.1, 0.15) is 5.17 Å². The number of halogens is 4. The van der Waals surface area contributed by atoms with Crippen molar-refractivity contribution in [2.75, 3.05) is 23.4 Å². The van der Waals surface area contributed by atoms with E-state index >= 15 is 0 Å². The van der Waals surface area contributed by atoms with Crippen molar-refractivity contribution in [1.29, 1.82) is 5.41 Å². The molecule has 0 aliphatic carbocycles. The maximum Gasteiger partial charge on any atom is 0.389 e. The van der Waals surface area contributed by atoms with Gasteiger partial charge in [-0.15, -0.1) is 0 Å². The third-order valence-electron chi connectivity index (χ3n) is 3.16. The Hall–Kier alpha value is -1.74. The highest BCUT2D eigenvalue weighted by atomic mass is 35.5. The zero-order valence-electron chi connectivity index (χ0n) is 14.1. The van der Waals surface area contributed by atoms with E-state index in [0.717, 1.165) is 11.8 Å². The molecular weight excluding hydrogens is 389 g/mol. The van der Waals surface area contributed by atoms with Crippen LogP contribution < -0.4 is 5.32 Å². The molecule has 10 heteroatoms. The predicted octanol–water partition coefficient (Wildman–Crippen LogP) is 4.48. The lowest BCUT2D eigenvalue weighted by Crippen LogP contribution is -2.33. The van der Waals surface area contributed by atoms with Crippen LogP contribution >= 0.6 is 23.4 Å². The number of hydrogen-bond acceptors (Lipinski definition) is 5. The van der Waals surface area contributed by atoms with E-state index in [1.165, 1.54) is 11.1 Å². The standard InChI is InChI=1S/C16H20ClF3N4OS/c1-2-24(14(25)5-8-26-9-6-16(18,19)20)13(15(17)21)11-23-12-4-3-7-22-10-12/h3-4,7,10-11,21,23H,2,5-6,8-9H2,1H3/b13-11+,21-15?. The van der Waals surface area contributed by atoms with Gasteiger partial charge >= 0.3 is 6.18 Å². The van der Waals surface area contributed by atoms with Crippen molar-refractivity contribution >= 4 is 40.1 Å². The highest BCUT2D eigenvalue weighted by molar-refractivity contribution is 7.99. The van der Waals surface area contributed by atoms with Gasteiger partial charge in [-0.05, 0) is 19.1 Å². The summed E-state index contributed by atoms with van der Waals surface area (Å²) in [6.07, 6.45) is -0.391. The lowest BCUT2D eigenvalue weighted by Gasteiger charge is -2.23. The molecule has 0 aliphatic rings. The quantitative estimate of drug-likeness (QED) is 0.442. The maximum atomic E-state index is 12.3. The van der Waals surface area contributed by atoms with Crippen LogP contribution in [0.1, 0.15) is 19.8 Å². The summed E-state index contributed by atoms with van der Waals surface area (Å²) in [4.78, 5) is 17.6. The number of anilines is 1. The van der Waals surface area contributed by atoms with E-state index in [-0.39, 0.29) is 41.2 Å². The number of hydrogen-bond donors (Lipinski definition) is 2. The number of carbonyl (C=O) groups is 1. The highest BCUT2D eigenvalue weighted by Gasteiger charge is 2.26. The Bertz CT molecular complexity index is 626. The number of pyridine rings is 1. The molecule has 0 unspecified atom stereocenters. The Balaban J connectivity index is 2.63. The summed E-state index contributed by atoms with van der Waals surface area (Å²) in [6, 6.07) is 3.48. The van der Waals surface area contributed by atoms with Gasteiger partial charge < -0.3 is 10.2 Å². The molecular formula is C16H20ClF3N4OS. The van der Waals surface area contributed by atoms with Crippen LogP contribution in [0.25, 0.3) is 0 Å². The number of allylic oxidation sites excluding steroid dienone is 1. The van der Waals surface area contributed by atoms with E-state index in [4.69, 9.17) is 17.0 Å². The Labute approximate surface area is 159 Å². The maximum absolute atomic E-state index is 12.3. The van der Waals surface area contributed by atoms with Gasteiger partial charge in [-0.25, -0.2) is 0 Å². The molecule has 0 bridgehead atoms. The Morgan fingerprint density at radius 3 is 2.73 bits per heavy atom. The zero-order chi connectivity index (χ0) is 19.6. The molecule has 0 radical (unpaired) electrons. The number of carbonyl (C=O) groups excluding carboxylic acids is 1. The number of nitrogens with one attached hydrogen (secondary N) is 2. The average Bonchev–Trinajstić information content (AvgIpc) is 2.57. The first kappa shape index (κ1) is 22.3. The van der Waals surface area contributed by atoms with Gasteiger partial charge in [0.2, 0.25) is 5.91 Å². The van der Waals surface area contributed by atoms with Crippen LogP contribution in [0, 0.1) is 5.41 Å². The third kappa shape index (κ3) is 8.57. The van der Waals surface area contributed by atoms with Crippen LogP contribution in [0.3, 0.4) is 0 Å². The van der Waals surface area contributed by atoms with Gasteiger partial charge in [0.25, 0.3) is 0 Å². The second-order valence-corrected chi connectivity index (χ2v) is 6.70. The topological polar surface area (TPSA) is 69.1 Å².